The topological polar surface area (TPSA) is 21.3 Å². The average molecular weight is 779 g/mol. The lowest BCUT2D eigenvalue weighted by molar-refractivity contribution is 0.669. The Hall–Kier alpha value is -8.14. The summed E-state index contributed by atoms with van der Waals surface area (Å²) in [7, 11) is 0. The second-order valence-electron chi connectivity index (χ2n) is 15.6. The number of hydrogen-bond acceptors (Lipinski definition) is 2. The number of furan rings is 1. The minimum atomic E-state index is 0.858. The van der Waals surface area contributed by atoms with Crippen LogP contribution in [0.25, 0.3) is 93.6 Å². The van der Waals surface area contributed by atoms with Crippen LogP contribution in [0.1, 0.15) is 0 Å². The summed E-state index contributed by atoms with van der Waals surface area (Å²) < 4.78 is 8.88. The maximum absolute atomic E-state index is 6.50. The molecule has 0 amide bonds. The van der Waals surface area contributed by atoms with E-state index >= 15 is 0 Å². The van der Waals surface area contributed by atoms with E-state index in [4.69, 9.17) is 4.42 Å². The average Bonchev–Trinajstić information content (AvgIpc) is 3.88. The number of nitrogens with zero attached hydrogens (tertiary/aromatic N) is 2. The van der Waals surface area contributed by atoms with Crippen LogP contribution in [0.15, 0.2) is 235 Å². The fourth-order valence-electron chi connectivity index (χ4n) is 9.48. The molecule has 0 unspecified atom stereocenters. The van der Waals surface area contributed by atoms with Crippen molar-refractivity contribution in [3.63, 3.8) is 0 Å². The predicted molar refractivity (Wildman–Crippen MR) is 257 cm³/mol. The molecule has 0 aliphatic carbocycles. The van der Waals surface area contributed by atoms with Gasteiger partial charge in [-0.1, -0.05) is 170 Å². The first-order valence-corrected chi connectivity index (χ1v) is 20.8. The van der Waals surface area contributed by atoms with Crippen LogP contribution in [-0.4, -0.2) is 4.57 Å². The minimum Gasteiger partial charge on any atom is -0.456 e. The van der Waals surface area contributed by atoms with Crippen LogP contribution in [0.3, 0.4) is 0 Å². The Morgan fingerprint density at radius 1 is 0.344 bits per heavy atom. The summed E-state index contributed by atoms with van der Waals surface area (Å²) in [6.45, 7) is 0. The molecule has 0 saturated heterocycles. The Morgan fingerprint density at radius 2 is 0.951 bits per heavy atom. The normalized spacial score (nSPS) is 11.6. The highest BCUT2D eigenvalue weighted by Crippen LogP contribution is 2.48. The van der Waals surface area contributed by atoms with Gasteiger partial charge in [-0.2, -0.15) is 0 Å². The third-order valence-corrected chi connectivity index (χ3v) is 12.2. The van der Waals surface area contributed by atoms with E-state index in [2.05, 4.69) is 234 Å². The first-order chi connectivity index (χ1) is 30.3. The van der Waals surface area contributed by atoms with Gasteiger partial charge < -0.3 is 13.9 Å². The van der Waals surface area contributed by atoms with Crippen LogP contribution >= 0.6 is 0 Å². The van der Waals surface area contributed by atoms with E-state index in [9.17, 15) is 0 Å². The largest absolute Gasteiger partial charge is 0.456 e. The van der Waals surface area contributed by atoms with E-state index in [1.54, 1.807) is 0 Å². The fourth-order valence-corrected chi connectivity index (χ4v) is 9.48. The minimum absolute atomic E-state index is 0.858. The lowest BCUT2D eigenvalue weighted by Gasteiger charge is -2.29. The second-order valence-corrected chi connectivity index (χ2v) is 15.6. The van der Waals surface area contributed by atoms with Crippen LogP contribution in [0.2, 0.25) is 0 Å². The molecule has 0 aliphatic rings. The van der Waals surface area contributed by atoms with Crippen molar-refractivity contribution >= 4 is 71.6 Å². The van der Waals surface area contributed by atoms with Crippen molar-refractivity contribution in [3.05, 3.63) is 231 Å². The van der Waals surface area contributed by atoms with Gasteiger partial charge in [0.2, 0.25) is 0 Å². The molecule has 2 heterocycles. The molecule has 0 bridgehead atoms. The van der Waals surface area contributed by atoms with E-state index < -0.39 is 0 Å². The number of para-hydroxylation sites is 4. The maximum Gasteiger partial charge on any atom is 0.137 e. The Bertz CT molecular complexity index is 3580. The third kappa shape index (κ3) is 5.74. The zero-order valence-electron chi connectivity index (χ0n) is 33.2. The van der Waals surface area contributed by atoms with Crippen molar-refractivity contribution in [2.45, 2.75) is 0 Å². The highest BCUT2D eigenvalue weighted by atomic mass is 16.3. The van der Waals surface area contributed by atoms with Crippen molar-refractivity contribution in [1.29, 1.82) is 0 Å². The quantitative estimate of drug-likeness (QED) is 0.161. The summed E-state index contributed by atoms with van der Waals surface area (Å²) in [5, 5.41) is 7.10. The van der Waals surface area contributed by atoms with Gasteiger partial charge in [-0.3, -0.25) is 0 Å². The molecule has 3 heteroatoms. The Labute approximate surface area is 353 Å². The highest BCUT2D eigenvalue weighted by molar-refractivity contribution is 6.15. The van der Waals surface area contributed by atoms with Crippen molar-refractivity contribution in [1.82, 2.24) is 4.57 Å². The summed E-state index contributed by atoms with van der Waals surface area (Å²) in [6.07, 6.45) is 0. The van der Waals surface area contributed by atoms with Gasteiger partial charge in [-0.15, -0.1) is 0 Å². The van der Waals surface area contributed by atoms with Gasteiger partial charge in [0.25, 0.3) is 0 Å². The lowest BCUT2D eigenvalue weighted by atomic mass is 9.90. The maximum atomic E-state index is 6.50. The first kappa shape index (κ1) is 34.9. The van der Waals surface area contributed by atoms with E-state index in [-0.39, 0.29) is 0 Å². The van der Waals surface area contributed by atoms with E-state index in [1.807, 2.05) is 6.07 Å². The molecule has 0 aliphatic heterocycles. The molecule has 286 valence electrons. The van der Waals surface area contributed by atoms with Crippen molar-refractivity contribution < 1.29 is 4.42 Å². The molecule has 12 aromatic rings. The molecule has 2 aromatic heterocycles. The van der Waals surface area contributed by atoms with Gasteiger partial charge in [-0.25, -0.2) is 0 Å². The number of anilines is 3. The van der Waals surface area contributed by atoms with E-state index in [0.717, 1.165) is 61.4 Å². The van der Waals surface area contributed by atoms with Crippen molar-refractivity contribution in [2.75, 3.05) is 4.90 Å². The molecule has 12 rings (SSSR count). The zero-order chi connectivity index (χ0) is 40.3. The zero-order valence-corrected chi connectivity index (χ0v) is 33.2. The summed E-state index contributed by atoms with van der Waals surface area (Å²) >= 11 is 0. The molecule has 10 aromatic carbocycles. The molecule has 0 saturated carbocycles. The van der Waals surface area contributed by atoms with Crippen LogP contribution in [0.5, 0.6) is 0 Å². The van der Waals surface area contributed by atoms with E-state index in [0.29, 0.717) is 0 Å². The lowest BCUT2D eigenvalue weighted by Crippen LogP contribution is -2.11. The monoisotopic (exact) mass is 778 g/mol. The van der Waals surface area contributed by atoms with Crippen molar-refractivity contribution in [3.8, 4) is 39.1 Å². The second kappa shape index (κ2) is 14.3. The number of rotatable bonds is 7. The SMILES string of the molecule is c1ccc(-c2cccc3cccc(-c4ccccc4N(c4ccc(-c5ccc6c7ccccc7n(-c7ccccc7)c6c5)cc4)c4cccc5oc6ccccc6c45)c23)cc1. The Kier molecular flexibility index (Phi) is 8.17. The molecule has 0 atom stereocenters. The summed E-state index contributed by atoms with van der Waals surface area (Å²) in [4.78, 5) is 2.42. The Balaban J connectivity index is 1.06. The van der Waals surface area contributed by atoms with Crippen LogP contribution in [0, 0.1) is 0 Å². The van der Waals surface area contributed by atoms with Crippen LogP contribution in [0.4, 0.5) is 17.1 Å². The molecule has 0 fully saturated rings. The van der Waals surface area contributed by atoms with Crippen LogP contribution < -0.4 is 4.90 Å². The molecular weight excluding hydrogens is 741 g/mol. The smallest absolute Gasteiger partial charge is 0.137 e. The van der Waals surface area contributed by atoms with Crippen LogP contribution in [-0.2, 0) is 0 Å². The molecule has 3 nitrogen and oxygen atoms in total. The molecule has 0 N–H and O–H groups in total. The van der Waals surface area contributed by atoms with Gasteiger partial charge in [0.15, 0.2) is 0 Å². The molecule has 61 heavy (non-hydrogen) atoms. The van der Waals surface area contributed by atoms with Crippen molar-refractivity contribution in [2.24, 2.45) is 0 Å². The number of fused-ring (bicyclic) bond motifs is 7. The molecule has 0 radical (unpaired) electrons. The van der Waals surface area contributed by atoms with Gasteiger partial charge in [-0.05, 0) is 99.3 Å². The number of hydrogen-bond donors (Lipinski definition) is 0. The predicted octanol–water partition coefficient (Wildman–Crippen LogP) is 16.3. The fraction of sp³-hybridized carbons (Fsp3) is 0. The van der Waals surface area contributed by atoms with Gasteiger partial charge >= 0.3 is 0 Å². The van der Waals surface area contributed by atoms with E-state index in [1.165, 1.54) is 49.3 Å². The standard InChI is InChI=1S/C58H38N2O/c1-3-16-40(17-4-1)45-25-13-18-41-19-14-26-49(57(41)45)47-23-8-11-28-52(47)59(53-29-15-31-56-58(53)50-24-9-12-30-55(50)61-56)44-35-32-39(33-36-44)42-34-37-48-46-22-7-10-27-51(46)60(54(48)38-42)43-20-5-2-6-21-43/h1-38H. The number of benzene rings is 10. The third-order valence-electron chi connectivity index (χ3n) is 12.2. The first-order valence-electron chi connectivity index (χ1n) is 20.8. The summed E-state index contributed by atoms with van der Waals surface area (Å²) in [6, 6.07) is 82.9. The van der Waals surface area contributed by atoms with Gasteiger partial charge in [0, 0.05) is 33.1 Å². The van der Waals surface area contributed by atoms with Gasteiger partial charge in [0.1, 0.15) is 11.2 Å². The van der Waals surface area contributed by atoms with Gasteiger partial charge in [0.05, 0.1) is 27.8 Å². The number of aromatic nitrogens is 1. The summed E-state index contributed by atoms with van der Waals surface area (Å²) in [5.41, 5.74) is 15.5. The highest BCUT2D eigenvalue weighted by Gasteiger charge is 2.23. The summed E-state index contributed by atoms with van der Waals surface area (Å²) in [5.74, 6) is 0. The Morgan fingerprint density at radius 3 is 1.79 bits per heavy atom. The molecule has 0 spiro atoms. The molecular formula is C58H38N2O.